The molecule has 10 nitrogen and oxygen atoms in total. The van der Waals surface area contributed by atoms with Crippen LogP contribution in [0.4, 0.5) is 29.3 Å². The number of nitrogens with one attached hydrogen (secondary N) is 1. The summed E-state index contributed by atoms with van der Waals surface area (Å²) in [7, 11) is 0. The summed E-state index contributed by atoms with van der Waals surface area (Å²) in [6.45, 7) is 0.0000836. The van der Waals surface area contributed by atoms with Crippen molar-refractivity contribution in [1.29, 1.82) is 0 Å². The molecular weight excluding hydrogens is 551 g/mol. The molecular formula is C29H28F3N7O3. The van der Waals surface area contributed by atoms with Gasteiger partial charge in [-0.15, -0.1) is 0 Å². The zero-order valence-electron chi connectivity index (χ0n) is 22.3. The molecule has 1 aliphatic carbocycles. The number of rotatable bonds is 6. The van der Waals surface area contributed by atoms with E-state index in [4.69, 9.17) is 11.6 Å². The fourth-order valence-electron chi connectivity index (χ4n) is 4.46. The van der Waals surface area contributed by atoms with Gasteiger partial charge >= 0.3 is 12.2 Å². The van der Waals surface area contributed by atoms with E-state index >= 15 is 0 Å². The van der Waals surface area contributed by atoms with Crippen molar-refractivity contribution < 1.29 is 27.9 Å². The van der Waals surface area contributed by atoms with Gasteiger partial charge in [0.1, 0.15) is 5.75 Å². The van der Waals surface area contributed by atoms with Crippen LogP contribution < -0.4 is 21.8 Å². The smallest absolute Gasteiger partial charge is 0.416 e. The fourth-order valence-corrected chi connectivity index (χ4v) is 4.46. The molecule has 3 aromatic rings. The van der Waals surface area contributed by atoms with E-state index in [9.17, 15) is 27.9 Å². The molecule has 0 saturated carbocycles. The molecule has 218 valence electrons. The number of hydrogen-bond donors (Lipinski definition) is 4. The zero-order chi connectivity index (χ0) is 30.3. The Kier molecular flexibility index (Phi) is 9.20. The van der Waals surface area contributed by atoms with Crippen molar-refractivity contribution in [1.82, 2.24) is 0 Å². The van der Waals surface area contributed by atoms with E-state index < -0.39 is 35.4 Å². The minimum Gasteiger partial charge on any atom is -0.508 e. The first-order valence-corrected chi connectivity index (χ1v) is 12.9. The average molecular weight is 580 g/mol. The summed E-state index contributed by atoms with van der Waals surface area (Å²) >= 11 is 0. The largest absolute Gasteiger partial charge is 0.508 e. The second kappa shape index (κ2) is 13.0. The second-order valence-electron chi connectivity index (χ2n) is 9.49. The molecule has 3 amide bonds. The maximum Gasteiger partial charge on any atom is 0.416 e. The molecule has 0 bridgehead atoms. The molecule has 0 spiro atoms. The predicted molar refractivity (Wildman–Crippen MR) is 153 cm³/mol. The quantitative estimate of drug-likeness (QED) is 0.0875. The van der Waals surface area contributed by atoms with Gasteiger partial charge in [-0.3, -0.25) is 9.69 Å². The van der Waals surface area contributed by atoms with Crippen LogP contribution in [0.15, 0.2) is 88.1 Å². The van der Waals surface area contributed by atoms with Crippen LogP contribution in [-0.2, 0) is 12.7 Å². The van der Waals surface area contributed by atoms with Crippen molar-refractivity contribution in [3.63, 3.8) is 0 Å². The number of guanidine groups is 1. The summed E-state index contributed by atoms with van der Waals surface area (Å²) in [5, 5.41) is 18.5. The van der Waals surface area contributed by atoms with Crippen molar-refractivity contribution >= 4 is 34.8 Å². The zero-order valence-corrected chi connectivity index (χ0v) is 22.3. The van der Waals surface area contributed by atoms with Gasteiger partial charge in [-0.1, -0.05) is 40.7 Å². The minimum absolute atomic E-state index is 0.0000836. The monoisotopic (exact) mass is 579 g/mol. The lowest BCUT2D eigenvalue weighted by molar-refractivity contribution is -0.137. The first kappa shape index (κ1) is 29.8. The number of anilines is 2. The summed E-state index contributed by atoms with van der Waals surface area (Å²) < 4.78 is 39.9. The Morgan fingerprint density at radius 3 is 2.33 bits per heavy atom. The average Bonchev–Trinajstić information content (AvgIpc) is 2.96. The highest BCUT2D eigenvalue weighted by atomic mass is 19.4. The molecule has 3 aromatic carbocycles. The van der Waals surface area contributed by atoms with Crippen LogP contribution in [-0.4, -0.2) is 23.0 Å². The number of allylic oxidation sites excluding steroid dienone is 2. The van der Waals surface area contributed by atoms with Crippen LogP contribution in [0, 0.1) is 0 Å². The highest BCUT2D eigenvalue weighted by Gasteiger charge is 2.31. The first-order chi connectivity index (χ1) is 20.0. The molecule has 0 unspecified atom stereocenters. The summed E-state index contributed by atoms with van der Waals surface area (Å²) in [6, 6.07) is 15.1. The van der Waals surface area contributed by atoms with Crippen LogP contribution in [0.2, 0.25) is 0 Å². The van der Waals surface area contributed by atoms with Gasteiger partial charge in [-0.2, -0.15) is 18.2 Å². The lowest BCUT2D eigenvalue weighted by atomic mass is 9.93. The van der Waals surface area contributed by atoms with Gasteiger partial charge in [0.05, 0.1) is 12.1 Å². The number of amides is 3. The van der Waals surface area contributed by atoms with Gasteiger partial charge in [0.25, 0.3) is 5.91 Å². The number of nitrogens with zero attached hydrogens (tertiary/aromatic N) is 4. The molecule has 0 aromatic heterocycles. The van der Waals surface area contributed by atoms with Crippen LogP contribution in [0.1, 0.15) is 52.7 Å². The fraction of sp³-hybridized carbons (Fsp3) is 0.207. The third-order valence-corrected chi connectivity index (χ3v) is 6.50. The van der Waals surface area contributed by atoms with Crippen molar-refractivity contribution in [3.8, 4) is 5.75 Å². The number of phenolic OH excluding ortho intramolecular Hbond substituents is 1. The molecule has 1 aliphatic rings. The molecule has 0 heterocycles. The molecule has 0 atom stereocenters. The number of nitrogens with two attached hydrogens (primary N) is 2. The number of aliphatic imine (C=N–C) groups is 1. The number of phenols is 1. The van der Waals surface area contributed by atoms with Gasteiger partial charge in [0.15, 0.2) is 0 Å². The Hall–Kier alpha value is -5.20. The molecule has 13 heteroatoms. The Morgan fingerprint density at radius 2 is 1.71 bits per heavy atom. The topological polar surface area (TPSA) is 159 Å². The van der Waals surface area contributed by atoms with Gasteiger partial charge in [0, 0.05) is 23.0 Å². The maximum atomic E-state index is 13.5. The molecule has 0 aliphatic heterocycles. The number of hydrogen-bond acceptors (Lipinski definition) is 4. The standard InChI is InChI=1S/C29H28F3N7O3/c30-29(31,32)22-14-23(16-25(40)15-22)35-28(42)39(24-12-10-20(11-13-24)19-4-2-1-3-5-19)17-18-6-8-21(9-7-18)26(41)36-27(33)37-38-34/h4,6-16,40H,1-3,5,17H2,(H,35,42)(H4,33,34,36,37,41). The minimum atomic E-state index is -4.72. The number of carbonyl (C=O) groups is 2. The summed E-state index contributed by atoms with van der Waals surface area (Å²) in [4.78, 5) is 30.7. The first-order valence-electron chi connectivity index (χ1n) is 12.9. The molecule has 4 rings (SSSR count). The molecule has 0 fully saturated rings. The van der Waals surface area contributed by atoms with E-state index in [0.717, 1.165) is 43.4 Å². The van der Waals surface area contributed by atoms with Crippen LogP contribution in [0.25, 0.3) is 5.57 Å². The summed E-state index contributed by atoms with van der Waals surface area (Å²) in [6.07, 6.45) is 1.68. The number of carbonyl (C=O) groups excluding carboxylic acids is 2. The Balaban J connectivity index is 1.62. The molecule has 6 N–H and O–H groups in total. The third kappa shape index (κ3) is 7.71. The highest BCUT2D eigenvalue weighted by Crippen LogP contribution is 2.34. The number of aromatic hydroxyl groups is 1. The van der Waals surface area contributed by atoms with Crippen molar-refractivity contribution in [3.05, 3.63) is 95.1 Å². The molecule has 42 heavy (non-hydrogen) atoms. The van der Waals surface area contributed by atoms with E-state index in [1.807, 2.05) is 12.1 Å². The van der Waals surface area contributed by atoms with Crippen LogP contribution in [0.5, 0.6) is 5.75 Å². The highest BCUT2D eigenvalue weighted by molar-refractivity contribution is 6.03. The predicted octanol–water partition coefficient (Wildman–Crippen LogP) is 6.39. The molecule has 0 radical (unpaired) electrons. The number of benzene rings is 3. The Bertz CT molecular complexity index is 1530. The normalized spacial score (nSPS) is 14.0. The lowest BCUT2D eigenvalue weighted by Gasteiger charge is -2.24. The summed E-state index contributed by atoms with van der Waals surface area (Å²) in [5.74, 6) is 3.15. The van der Waals surface area contributed by atoms with Gasteiger partial charge in [-0.25, -0.2) is 4.79 Å². The summed E-state index contributed by atoms with van der Waals surface area (Å²) in [5.41, 5.74) is 7.62. The number of halogens is 3. The van der Waals surface area contributed by atoms with Crippen molar-refractivity contribution in [2.75, 3.05) is 10.2 Å². The second-order valence-corrected chi connectivity index (χ2v) is 9.49. The molecule has 0 saturated heterocycles. The van der Waals surface area contributed by atoms with Crippen LogP contribution in [0.3, 0.4) is 0 Å². The SMILES string of the molecule is N/N=N\C(N)=NC(=O)c1ccc(CN(C(=O)Nc2cc(O)cc(C(F)(F)F)c2)c2ccc(C3=CCCCC3)cc2)cc1. The van der Waals surface area contributed by atoms with Crippen molar-refractivity contribution in [2.24, 2.45) is 26.9 Å². The maximum absolute atomic E-state index is 13.5. The van der Waals surface area contributed by atoms with E-state index in [-0.39, 0.29) is 17.8 Å². The van der Waals surface area contributed by atoms with E-state index in [1.54, 1.807) is 24.3 Å². The Morgan fingerprint density at radius 1 is 1.00 bits per heavy atom. The van der Waals surface area contributed by atoms with Gasteiger partial charge < -0.3 is 22.0 Å². The number of urea groups is 1. The third-order valence-electron chi connectivity index (χ3n) is 6.50. The van der Waals surface area contributed by atoms with Gasteiger partial charge in [-0.05, 0) is 78.8 Å². The van der Waals surface area contributed by atoms with Crippen molar-refractivity contribution in [2.45, 2.75) is 38.4 Å². The van der Waals surface area contributed by atoms with E-state index in [2.05, 4.69) is 26.7 Å². The van der Waals surface area contributed by atoms with E-state index in [1.165, 1.54) is 22.6 Å². The van der Waals surface area contributed by atoms with E-state index in [0.29, 0.717) is 17.3 Å². The number of alkyl halides is 3. The van der Waals surface area contributed by atoms with Crippen LogP contribution >= 0.6 is 0 Å². The lowest BCUT2D eigenvalue weighted by Crippen LogP contribution is -2.34. The van der Waals surface area contributed by atoms with Gasteiger partial charge in [0.2, 0.25) is 5.96 Å². The Labute approximate surface area is 239 Å².